The molecular formula is C22H40N2O6. The topological polar surface area (TPSA) is 96.4 Å². The first kappa shape index (κ1) is 26.4. The van der Waals surface area contributed by atoms with Gasteiger partial charge in [0.15, 0.2) is 0 Å². The number of amides is 1. The van der Waals surface area contributed by atoms with E-state index in [0.29, 0.717) is 25.9 Å². The van der Waals surface area contributed by atoms with Gasteiger partial charge in [-0.25, -0.2) is 0 Å². The lowest BCUT2D eigenvalue weighted by Crippen LogP contribution is -2.53. The molecule has 1 N–H and O–H groups in total. The van der Waals surface area contributed by atoms with Gasteiger partial charge >= 0.3 is 11.9 Å². The Labute approximate surface area is 180 Å². The summed E-state index contributed by atoms with van der Waals surface area (Å²) >= 11 is 0. The lowest BCUT2D eigenvalue weighted by molar-refractivity contribution is -0.148. The summed E-state index contributed by atoms with van der Waals surface area (Å²) in [5.74, 6) is -0.340. The fourth-order valence-electron chi connectivity index (χ4n) is 3.30. The Morgan fingerprint density at radius 3 is 1.83 bits per heavy atom. The third kappa shape index (κ3) is 11.5. The number of hydrogen-bond acceptors (Lipinski definition) is 7. The number of aliphatic hydroxyl groups excluding tert-OH is 1. The monoisotopic (exact) mass is 428 g/mol. The minimum Gasteiger partial charge on any atom is -0.464 e. The second-order valence-electron chi connectivity index (χ2n) is 7.98. The molecule has 1 heterocycles. The van der Waals surface area contributed by atoms with Crippen molar-refractivity contribution in [3.8, 4) is 0 Å². The maximum absolute atomic E-state index is 12.7. The van der Waals surface area contributed by atoms with Crippen molar-refractivity contribution >= 4 is 17.8 Å². The summed E-state index contributed by atoms with van der Waals surface area (Å²) < 4.78 is 10.5. The van der Waals surface area contributed by atoms with Gasteiger partial charge in [0, 0.05) is 38.5 Å². The smallest absolute Gasteiger partial charge is 0.305 e. The van der Waals surface area contributed by atoms with Crippen molar-refractivity contribution in [2.75, 3.05) is 52.5 Å². The molecule has 1 aliphatic rings. The molecule has 8 heteroatoms. The number of ether oxygens (including phenoxy) is 2. The fourth-order valence-corrected chi connectivity index (χ4v) is 3.30. The van der Waals surface area contributed by atoms with Crippen molar-refractivity contribution in [2.45, 2.75) is 65.2 Å². The van der Waals surface area contributed by atoms with Crippen LogP contribution in [0.3, 0.4) is 0 Å². The molecule has 1 rings (SSSR count). The Balaban J connectivity index is 2.39. The maximum atomic E-state index is 12.7. The predicted octanol–water partition coefficient (Wildman–Crippen LogP) is 1.99. The summed E-state index contributed by atoms with van der Waals surface area (Å²) in [7, 11) is 0. The number of unbranched alkanes of at least 4 members (excludes halogenated alkanes) is 4. The number of hydrogen-bond donors (Lipinski definition) is 1. The normalized spacial score (nSPS) is 14.2. The van der Waals surface area contributed by atoms with E-state index in [-0.39, 0.29) is 63.2 Å². The third-order valence-electron chi connectivity index (χ3n) is 5.22. The van der Waals surface area contributed by atoms with E-state index in [9.17, 15) is 14.4 Å². The van der Waals surface area contributed by atoms with Gasteiger partial charge in [0.05, 0.1) is 19.6 Å². The molecule has 1 amide bonds. The SMILES string of the molecule is CCCCCC(=O)OCCN(CCOC(=O)CCCCC)C(=O)CN1CC(CO)C1. The molecule has 1 saturated heterocycles. The molecule has 0 bridgehead atoms. The standard InChI is InChI=1S/C22H40N2O6/c1-3-5-7-9-21(27)29-13-11-24(12-14-30-22(28)10-8-6-4-2)20(26)17-23-15-19(16-23)18-25/h19,25H,3-18H2,1-2H3. The molecule has 0 atom stereocenters. The zero-order valence-corrected chi connectivity index (χ0v) is 18.8. The van der Waals surface area contributed by atoms with Crippen LogP contribution in [0.5, 0.6) is 0 Å². The summed E-state index contributed by atoms with van der Waals surface area (Å²) in [5.41, 5.74) is 0. The van der Waals surface area contributed by atoms with Crippen LogP contribution in [-0.4, -0.2) is 85.3 Å². The Hall–Kier alpha value is -1.67. The molecular weight excluding hydrogens is 388 g/mol. The second-order valence-corrected chi connectivity index (χ2v) is 7.98. The number of esters is 2. The van der Waals surface area contributed by atoms with Crippen LogP contribution in [0.4, 0.5) is 0 Å². The predicted molar refractivity (Wildman–Crippen MR) is 114 cm³/mol. The number of likely N-dealkylation sites (tertiary alicyclic amines) is 1. The average Bonchev–Trinajstić information content (AvgIpc) is 2.69. The maximum Gasteiger partial charge on any atom is 0.305 e. The summed E-state index contributed by atoms with van der Waals surface area (Å²) in [4.78, 5) is 39.8. The van der Waals surface area contributed by atoms with E-state index >= 15 is 0 Å². The van der Waals surface area contributed by atoms with Gasteiger partial charge in [-0.3, -0.25) is 19.3 Å². The molecule has 0 spiro atoms. The molecule has 0 aromatic carbocycles. The van der Waals surface area contributed by atoms with E-state index in [1.807, 2.05) is 4.90 Å². The Morgan fingerprint density at radius 1 is 0.900 bits per heavy atom. The first-order valence-corrected chi connectivity index (χ1v) is 11.4. The van der Waals surface area contributed by atoms with Crippen molar-refractivity contribution in [1.82, 2.24) is 9.80 Å². The Morgan fingerprint density at radius 2 is 1.40 bits per heavy atom. The molecule has 0 aromatic rings. The summed E-state index contributed by atoms with van der Waals surface area (Å²) in [6.45, 7) is 6.79. The highest BCUT2D eigenvalue weighted by Crippen LogP contribution is 2.14. The zero-order valence-electron chi connectivity index (χ0n) is 18.8. The quantitative estimate of drug-likeness (QED) is 0.279. The van der Waals surface area contributed by atoms with Gasteiger partial charge < -0.3 is 19.5 Å². The van der Waals surface area contributed by atoms with Crippen molar-refractivity contribution in [3.63, 3.8) is 0 Å². The lowest BCUT2D eigenvalue weighted by Gasteiger charge is -2.38. The Bertz CT molecular complexity index is 480. The highest BCUT2D eigenvalue weighted by Gasteiger charge is 2.28. The molecule has 8 nitrogen and oxygen atoms in total. The number of carbonyl (C=O) groups excluding carboxylic acids is 3. The second kappa shape index (κ2) is 16.1. The number of nitrogens with zero attached hydrogens (tertiary/aromatic N) is 2. The highest BCUT2D eigenvalue weighted by atomic mass is 16.5. The largest absolute Gasteiger partial charge is 0.464 e. The first-order chi connectivity index (χ1) is 14.5. The van der Waals surface area contributed by atoms with Gasteiger partial charge in [-0.15, -0.1) is 0 Å². The van der Waals surface area contributed by atoms with Gasteiger partial charge in [0.25, 0.3) is 0 Å². The highest BCUT2D eigenvalue weighted by molar-refractivity contribution is 5.78. The Kier molecular flexibility index (Phi) is 14.1. The molecule has 30 heavy (non-hydrogen) atoms. The van der Waals surface area contributed by atoms with E-state index in [1.54, 1.807) is 4.90 Å². The number of aliphatic hydroxyl groups is 1. The zero-order chi connectivity index (χ0) is 22.2. The van der Waals surface area contributed by atoms with Crippen molar-refractivity contribution < 1.29 is 29.0 Å². The number of rotatable bonds is 17. The molecule has 0 unspecified atom stereocenters. The third-order valence-corrected chi connectivity index (χ3v) is 5.22. The van der Waals surface area contributed by atoms with Crippen LogP contribution in [0, 0.1) is 5.92 Å². The molecule has 0 aliphatic carbocycles. The molecule has 1 fully saturated rings. The minimum atomic E-state index is -0.244. The van der Waals surface area contributed by atoms with Crippen LogP contribution >= 0.6 is 0 Å². The summed E-state index contributed by atoms with van der Waals surface area (Å²) in [6, 6.07) is 0. The molecule has 174 valence electrons. The summed E-state index contributed by atoms with van der Waals surface area (Å²) in [5, 5.41) is 9.12. The van der Waals surface area contributed by atoms with Crippen molar-refractivity contribution in [2.24, 2.45) is 5.92 Å². The summed E-state index contributed by atoms with van der Waals surface area (Å²) in [6.07, 6.45) is 6.49. The van der Waals surface area contributed by atoms with Crippen LogP contribution in [-0.2, 0) is 23.9 Å². The lowest BCUT2D eigenvalue weighted by atomic mass is 10.0. The minimum absolute atomic E-state index is 0.0875. The van der Waals surface area contributed by atoms with Crippen molar-refractivity contribution in [3.05, 3.63) is 0 Å². The molecule has 0 aromatic heterocycles. The van der Waals surface area contributed by atoms with Crippen LogP contribution in [0.15, 0.2) is 0 Å². The van der Waals surface area contributed by atoms with Gasteiger partial charge in [0.2, 0.25) is 5.91 Å². The van der Waals surface area contributed by atoms with Crippen LogP contribution < -0.4 is 0 Å². The number of carbonyl (C=O) groups is 3. The molecule has 0 saturated carbocycles. The van der Waals surface area contributed by atoms with Crippen LogP contribution in [0.2, 0.25) is 0 Å². The van der Waals surface area contributed by atoms with Gasteiger partial charge in [-0.05, 0) is 12.8 Å². The van der Waals surface area contributed by atoms with Gasteiger partial charge in [-0.2, -0.15) is 0 Å². The van der Waals surface area contributed by atoms with Gasteiger partial charge in [0.1, 0.15) is 13.2 Å². The fraction of sp³-hybridized carbons (Fsp3) is 0.864. The molecule has 1 aliphatic heterocycles. The average molecular weight is 429 g/mol. The van der Waals surface area contributed by atoms with E-state index < -0.39 is 0 Å². The van der Waals surface area contributed by atoms with Gasteiger partial charge in [-0.1, -0.05) is 39.5 Å². The first-order valence-electron chi connectivity index (χ1n) is 11.4. The van der Waals surface area contributed by atoms with Crippen LogP contribution in [0.1, 0.15) is 65.2 Å². The van der Waals surface area contributed by atoms with Crippen LogP contribution in [0.25, 0.3) is 0 Å². The molecule has 0 radical (unpaired) electrons. The van der Waals surface area contributed by atoms with E-state index in [1.165, 1.54) is 0 Å². The van der Waals surface area contributed by atoms with Crippen molar-refractivity contribution in [1.29, 1.82) is 0 Å². The van der Waals surface area contributed by atoms with E-state index in [2.05, 4.69) is 13.8 Å². The van der Waals surface area contributed by atoms with E-state index in [0.717, 1.165) is 38.5 Å². The van der Waals surface area contributed by atoms with E-state index in [4.69, 9.17) is 14.6 Å².